The van der Waals surface area contributed by atoms with E-state index < -0.39 is 0 Å². The summed E-state index contributed by atoms with van der Waals surface area (Å²) in [5.74, 6) is 1.21. The number of likely N-dealkylation sites (tertiary alicyclic amines) is 1. The Labute approximate surface area is 176 Å². The van der Waals surface area contributed by atoms with Crippen molar-refractivity contribution in [2.45, 2.75) is 26.3 Å². The zero-order chi connectivity index (χ0) is 20.8. The van der Waals surface area contributed by atoms with Crippen molar-refractivity contribution in [3.8, 4) is 11.5 Å². The van der Waals surface area contributed by atoms with Crippen molar-refractivity contribution in [3.63, 3.8) is 0 Å². The third-order valence-electron chi connectivity index (χ3n) is 6.40. The summed E-state index contributed by atoms with van der Waals surface area (Å²) >= 11 is 0. The van der Waals surface area contributed by atoms with Crippen LogP contribution >= 0.6 is 0 Å². The van der Waals surface area contributed by atoms with E-state index in [9.17, 15) is 9.90 Å². The van der Waals surface area contributed by atoms with Gasteiger partial charge >= 0.3 is 0 Å². The largest absolute Gasteiger partial charge is 0.872 e. The number of piperidine rings is 1. The van der Waals surface area contributed by atoms with Crippen molar-refractivity contribution in [2.75, 3.05) is 13.1 Å². The summed E-state index contributed by atoms with van der Waals surface area (Å²) in [6.07, 6.45) is 6.21. The number of ketones is 1. The minimum atomic E-state index is -0.152. The quantitative estimate of drug-likeness (QED) is 0.686. The van der Waals surface area contributed by atoms with Gasteiger partial charge in [-0.05, 0) is 31.1 Å². The lowest BCUT2D eigenvalue weighted by molar-refractivity contribution is -0.922. The van der Waals surface area contributed by atoms with Gasteiger partial charge in [0.15, 0.2) is 5.76 Å². The monoisotopic (exact) mass is 402 g/mol. The molecule has 2 atom stereocenters. The van der Waals surface area contributed by atoms with Gasteiger partial charge in [0, 0.05) is 41.2 Å². The molecule has 2 aliphatic heterocycles. The van der Waals surface area contributed by atoms with Crippen molar-refractivity contribution >= 4 is 22.8 Å². The van der Waals surface area contributed by atoms with Crippen molar-refractivity contribution in [1.82, 2.24) is 4.57 Å². The number of fused-ring (bicyclic) bond motifs is 2. The molecule has 1 saturated heterocycles. The maximum absolute atomic E-state index is 13.0. The number of aryl methyl sites for hydroxylation is 1. The lowest BCUT2D eigenvalue weighted by atomic mass is 9.99. The van der Waals surface area contributed by atoms with Gasteiger partial charge in [0.1, 0.15) is 12.3 Å². The first kappa shape index (κ1) is 18.9. The smallest absolute Gasteiger partial charge is 0.231 e. The summed E-state index contributed by atoms with van der Waals surface area (Å²) in [6, 6.07) is 11.2. The summed E-state index contributed by atoms with van der Waals surface area (Å²) in [5, 5.41) is 13.7. The molecule has 2 aromatic carbocycles. The van der Waals surface area contributed by atoms with Crippen LogP contribution < -0.4 is 14.7 Å². The average molecular weight is 402 g/mol. The second-order valence-electron chi connectivity index (χ2n) is 8.70. The van der Waals surface area contributed by atoms with Gasteiger partial charge in [-0.2, -0.15) is 0 Å². The molecular formula is C25H26N2O3. The molecule has 3 heterocycles. The summed E-state index contributed by atoms with van der Waals surface area (Å²) in [5.41, 5.74) is 3.16. The minimum Gasteiger partial charge on any atom is -0.872 e. The topological polar surface area (TPSA) is 58.7 Å². The second-order valence-corrected chi connectivity index (χ2v) is 8.70. The lowest BCUT2D eigenvalue weighted by Gasteiger charge is -2.29. The molecule has 1 fully saturated rings. The molecule has 0 amide bonds. The Balaban J connectivity index is 1.50. The number of nitrogens with zero attached hydrogens (tertiary/aromatic N) is 1. The molecule has 30 heavy (non-hydrogen) atoms. The summed E-state index contributed by atoms with van der Waals surface area (Å²) < 4.78 is 8.09. The number of nitrogens with one attached hydrogen (secondary N) is 1. The molecule has 1 aromatic heterocycles. The Kier molecular flexibility index (Phi) is 4.63. The van der Waals surface area contributed by atoms with Gasteiger partial charge in [0.2, 0.25) is 5.78 Å². The number of hydrogen-bond acceptors (Lipinski definition) is 3. The standard InChI is InChI=1S/C25H26N2O3/c1-16-6-5-11-27(13-16)15-20-22(28)10-9-19-24(29)23(30-25(19)20)12-17-14-26(2)21-8-4-3-7-18(17)21/h3-4,7-10,12,14,16,28H,5-6,11,13,15H2,1-2H3/b23-12+. The molecule has 0 bridgehead atoms. The molecule has 2 aliphatic rings. The molecule has 0 spiro atoms. The van der Waals surface area contributed by atoms with Crippen molar-refractivity contribution in [3.05, 3.63) is 65.0 Å². The molecule has 5 heteroatoms. The van der Waals surface area contributed by atoms with Gasteiger partial charge in [0.05, 0.1) is 18.7 Å². The maximum Gasteiger partial charge on any atom is 0.231 e. The van der Waals surface area contributed by atoms with Gasteiger partial charge in [0.25, 0.3) is 0 Å². The number of carbonyl (C=O) groups excluding carboxylic acids is 1. The van der Waals surface area contributed by atoms with Crippen LogP contribution in [0.1, 0.15) is 41.3 Å². The van der Waals surface area contributed by atoms with Crippen molar-refractivity contribution < 1.29 is 19.5 Å². The highest BCUT2D eigenvalue weighted by Crippen LogP contribution is 2.38. The molecule has 0 radical (unpaired) electrons. The highest BCUT2D eigenvalue weighted by Gasteiger charge is 2.32. The van der Waals surface area contributed by atoms with Gasteiger partial charge in [-0.3, -0.25) is 4.79 Å². The van der Waals surface area contributed by atoms with Crippen LogP contribution in [0.2, 0.25) is 0 Å². The first-order valence-electron chi connectivity index (χ1n) is 10.7. The highest BCUT2D eigenvalue weighted by molar-refractivity contribution is 6.15. The molecule has 1 N–H and O–H groups in total. The summed E-state index contributed by atoms with van der Waals surface area (Å²) in [6.45, 7) is 4.98. The SMILES string of the molecule is CC1CCC[NH+](Cc2c([O-])ccc3c2O/C(=C/c2cn(C)c4ccccc24)C3=O)C1. The number of aromatic nitrogens is 1. The molecule has 2 unspecified atom stereocenters. The van der Waals surface area contributed by atoms with Crippen LogP contribution in [-0.2, 0) is 13.6 Å². The maximum atomic E-state index is 13.0. The van der Waals surface area contributed by atoms with E-state index in [1.807, 2.05) is 42.1 Å². The molecule has 5 rings (SSSR count). The average Bonchev–Trinajstić information content (AvgIpc) is 3.22. The highest BCUT2D eigenvalue weighted by atomic mass is 16.5. The summed E-state index contributed by atoms with van der Waals surface area (Å²) in [4.78, 5) is 14.4. The number of benzene rings is 2. The number of carbonyl (C=O) groups is 1. The fourth-order valence-electron chi connectivity index (χ4n) is 4.89. The number of allylic oxidation sites excluding steroid dienone is 1. The van der Waals surface area contributed by atoms with Crippen LogP contribution in [-0.4, -0.2) is 23.4 Å². The normalized spacial score (nSPS) is 22.5. The van der Waals surface area contributed by atoms with E-state index in [-0.39, 0.29) is 17.3 Å². The van der Waals surface area contributed by atoms with E-state index in [0.717, 1.165) is 29.6 Å². The van der Waals surface area contributed by atoms with Crippen LogP contribution in [0.15, 0.2) is 48.4 Å². The van der Waals surface area contributed by atoms with Gasteiger partial charge in [-0.1, -0.05) is 36.9 Å². The number of hydrogen-bond donors (Lipinski definition) is 1. The van der Waals surface area contributed by atoms with Crippen molar-refractivity contribution in [1.29, 1.82) is 0 Å². The number of ether oxygens (including phenoxy) is 1. The molecule has 0 aliphatic carbocycles. The first-order chi connectivity index (χ1) is 14.5. The molecular weight excluding hydrogens is 376 g/mol. The van der Waals surface area contributed by atoms with Crippen LogP contribution in [0.3, 0.4) is 0 Å². The molecule has 5 nitrogen and oxygen atoms in total. The van der Waals surface area contributed by atoms with Crippen LogP contribution in [0.25, 0.3) is 17.0 Å². The van der Waals surface area contributed by atoms with E-state index in [1.54, 1.807) is 12.1 Å². The Morgan fingerprint density at radius 1 is 1.27 bits per heavy atom. The van der Waals surface area contributed by atoms with E-state index in [0.29, 0.717) is 29.3 Å². The van der Waals surface area contributed by atoms with Gasteiger partial charge in [-0.15, -0.1) is 0 Å². The predicted octanol–water partition coefficient (Wildman–Crippen LogP) is 2.68. The Bertz CT molecular complexity index is 1170. The number of rotatable bonds is 3. The predicted molar refractivity (Wildman–Crippen MR) is 115 cm³/mol. The molecule has 3 aromatic rings. The zero-order valence-corrected chi connectivity index (χ0v) is 17.4. The Morgan fingerprint density at radius 3 is 2.93 bits per heavy atom. The third kappa shape index (κ3) is 3.19. The minimum absolute atomic E-state index is 0.0429. The lowest BCUT2D eigenvalue weighted by Crippen LogP contribution is -3.12. The van der Waals surface area contributed by atoms with E-state index in [1.165, 1.54) is 23.8 Å². The Hall–Kier alpha value is -3.05. The first-order valence-corrected chi connectivity index (χ1v) is 10.7. The molecule has 0 saturated carbocycles. The number of para-hydroxylation sites is 1. The van der Waals surface area contributed by atoms with Gasteiger partial charge < -0.3 is 19.3 Å². The Morgan fingerprint density at radius 2 is 2.10 bits per heavy atom. The zero-order valence-electron chi connectivity index (χ0n) is 17.4. The van der Waals surface area contributed by atoms with Gasteiger partial charge in [-0.25, -0.2) is 0 Å². The number of Topliss-reactive ketones (excluding diaryl/α,β-unsaturated/α-hetero) is 1. The fourth-order valence-corrected chi connectivity index (χ4v) is 4.89. The van der Waals surface area contributed by atoms with E-state index >= 15 is 0 Å². The van der Waals surface area contributed by atoms with Crippen LogP contribution in [0.4, 0.5) is 0 Å². The van der Waals surface area contributed by atoms with E-state index in [2.05, 4.69) is 6.92 Å². The van der Waals surface area contributed by atoms with Crippen LogP contribution in [0, 0.1) is 5.92 Å². The van der Waals surface area contributed by atoms with Crippen molar-refractivity contribution in [2.24, 2.45) is 13.0 Å². The fraction of sp³-hybridized carbons (Fsp3) is 0.320. The van der Waals surface area contributed by atoms with E-state index in [4.69, 9.17) is 4.74 Å². The third-order valence-corrected chi connectivity index (χ3v) is 6.40. The second kappa shape index (κ2) is 7.33. The van der Waals surface area contributed by atoms with Crippen LogP contribution in [0.5, 0.6) is 11.5 Å². The molecule has 154 valence electrons. The summed E-state index contributed by atoms with van der Waals surface area (Å²) in [7, 11) is 1.99. The number of quaternary nitrogens is 1.